The van der Waals surface area contributed by atoms with Crippen LogP contribution in [0.1, 0.15) is 73.3 Å². The molecule has 2 aliphatic heterocycles. The first kappa shape index (κ1) is 31.8. The third-order valence-corrected chi connectivity index (χ3v) is 11.8. The average molecular weight is 667 g/mol. The lowest BCUT2D eigenvalue weighted by Crippen LogP contribution is -2.30. The number of anilines is 5. The van der Waals surface area contributed by atoms with E-state index in [1.807, 2.05) is 0 Å². The Morgan fingerprint density at radius 1 is 0.529 bits per heavy atom. The zero-order valence-electron chi connectivity index (χ0n) is 29.8. The Morgan fingerprint density at radius 3 is 1.65 bits per heavy atom. The van der Waals surface area contributed by atoms with E-state index in [4.69, 9.17) is 0 Å². The number of benzene rings is 6. The van der Waals surface area contributed by atoms with E-state index < -0.39 is 0 Å². The maximum Gasteiger partial charge on any atom is 0.0638 e. The lowest BCUT2D eigenvalue weighted by Gasteiger charge is -2.31. The summed E-state index contributed by atoms with van der Waals surface area (Å²) in [6.07, 6.45) is 9.88. The fourth-order valence-corrected chi connectivity index (χ4v) is 9.07. The van der Waals surface area contributed by atoms with Gasteiger partial charge in [-0.05, 0) is 140 Å². The van der Waals surface area contributed by atoms with Gasteiger partial charge in [0.05, 0.1) is 39.7 Å². The minimum absolute atomic E-state index is 0.524. The van der Waals surface area contributed by atoms with Crippen molar-refractivity contribution in [3.63, 3.8) is 0 Å². The average Bonchev–Trinajstić information content (AvgIpc) is 3.20. The first-order chi connectivity index (χ1) is 25.2. The SMILES string of the molecule is CC1CCCCC1Nc1ccc([C+](c2ccc(N3CCCc4ccccc43)cc2)c2ccc(N3CCCc4ccccc43)cc2)c2ccccc12. The number of nitrogens with one attached hydrogen (secondary N) is 1. The minimum atomic E-state index is 0.524. The maximum atomic E-state index is 4.00. The molecule has 3 nitrogen and oxygen atoms in total. The van der Waals surface area contributed by atoms with E-state index in [0.29, 0.717) is 12.0 Å². The zero-order chi connectivity index (χ0) is 34.1. The number of aryl methyl sites for hydroxylation is 2. The molecule has 0 bridgehead atoms. The number of fused-ring (bicyclic) bond motifs is 3. The quantitative estimate of drug-likeness (QED) is 0.135. The van der Waals surface area contributed by atoms with E-state index in [0.717, 1.165) is 25.9 Å². The molecule has 2 unspecified atom stereocenters. The van der Waals surface area contributed by atoms with E-state index in [1.165, 1.54) is 111 Å². The number of hydrogen-bond donors (Lipinski definition) is 1. The van der Waals surface area contributed by atoms with Crippen molar-refractivity contribution in [3.8, 4) is 0 Å². The van der Waals surface area contributed by atoms with Gasteiger partial charge in [0.25, 0.3) is 0 Å². The number of hydrogen-bond acceptors (Lipinski definition) is 3. The Hall–Kier alpha value is -5.15. The fraction of sp³-hybridized carbons (Fsp3) is 0.271. The molecule has 1 N–H and O–H groups in total. The van der Waals surface area contributed by atoms with Crippen LogP contribution in [-0.2, 0) is 12.8 Å². The summed E-state index contributed by atoms with van der Waals surface area (Å²) in [6.45, 7) is 4.51. The van der Waals surface area contributed by atoms with Crippen molar-refractivity contribution >= 4 is 39.2 Å². The second-order valence-electron chi connectivity index (χ2n) is 15.0. The van der Waals surface area contributed by atoms with Gasteiger partial charge in [0.2, 0.25) is 0 Å². The molecule has 51 heavy (non-hydrogen) atoms. The molecule has 0 saturated heterocycles. The molecule has 3 aliphatic rings. The smallest absolute Gasteiger partial charge is 0.0638 e. The number of rotatable bonds is 7. The molecule has 9 rings (SSSR count). The van der Waals surface area contributed by atoms with Gasteiger partial charge in [-0.15, -0.1) is 0 Å². The van der Waals surface area contributed by atoms with Gasteiger partial charge in [-0.25, -0.2) is 0 Å². The molecule has 6 aromatic rings. The van der Waals surface area contributed by atoms with Crippen LogP contribution in [-0.4, -0.2) is 19.1 Å². The molecule has 1 aliphatic carbocycles. The standard InChI is InChI=1S/C48H48N3/c1-34-12-2-7-19-44(34)49-45-31-30-43(41-17-5-6-18-42(41)45)48(37-22-26-39(27-23-37)50-32-10-15-35-13-3-8-20-46(35)50)38-24-28-40(29-25-38)51-33-11-16-36-14-4-9-21-47(36)51/h3-6,8-9,13-14,17-18,20-31,34,44,49H,2,7,10-12,15-16,19,32-33H2,1H3/q+1. The monoisotopic (exact) mass is 666 g/mol. The highest BCUT2D eigenvalue weighted by atomic mass is 15.1. The normalized spacial score (nSPS) is 18.6. The third kappa shape index (κ3) is 6.14. The summed E-state index contributed by atoms with van der Waals surface area (Å²) in [4.78, 5) is 4.99. The molecule has 1 saturated carbocycles. The second-order valence-corrected chi connectivity index (χ2v) is 15.0. The van der Waals surface area contributed by atoms with Crippen LogP contribution in [0.25, 0.3) is 10.8 Å². The summed E-state index contributed by atoms with van der Waals surface area (Å²) < 4.78 is 0. The van der Waals surface area contributed by atoms with Crippen molar-refractivity contribution < 1.29 is 0 Å². The van der Waals surface area contributed by atoms with Gasteiger partial charge in [0, 0.05) is 41.3 Å². The van der Waals surface area contributed by atoms with Crippen molar-refractivity contribution in [2.75, 3.05) is 28.2 Å². The van der Waals surface area contributed by atoms with E-state index in [2.05, 4.69) is 156 Å². The molecule has 0 spiro atoms. The molecule has 2 atom stereocenters. The lowest BCUT2D eigenvalue weighted by atomic mass is 9.82. The van der Waals surface area contributed by atoms with E-state index in [1.54, 1.807) is 0 Å². The van der Waals surface area contributed by atoms with Gasteiger partial charge >= 0.3 is 0 Å². The summed E-state index contributed by atoms with van der Waals surface area (Å²) in [6, 6.07) is 50.8. The van der Waals surface area contributed by atoms with Crippen molar-refractivity contribution in [1.29, 1.82) is 0 Å². The highest BCUT2D eigenvalue weighted by Gasteiger charge is 2.29. The first-order valence-corrected chi connectivity index (χ1v) is 19.3. The summed E-state index contributed by atoms with van der Waals surface area (Å²) in [5.41, 5.74) is 13.1. The molecule has 0 aromatic heterocycles. The Balaban J connectivity index is 1.12. The molecular weight excluding hydrogens is 619 g/mol. The number of nitrogens with zero attached hydrogens (tertiary/aromatic N) is 2. The van der Waals surface area contributed by atoms with E-state index in [-0.39, 0.29) is 0 Å². The topological polar surface area (TPSA) is 18.5 Å². The van der Waals surface area contributed by atoms with Crippen LogP contribution < -0.4 is 15.1 Å². The molecule has 6 aromatic carbocycles. The lowest BCUT2D eigenvalue weighted by molar-refractivity contribution is 0.350. The van der Waals surface area contributed by atoms with E-state index in [9.17, 15) is 0 Å². The fourth-order valence-electron chi connectivity index (χ4n) is 9.07. The van der Waals surface area contributed by atoms with E-state index >= 15 is 0 Å². The predicted octanol–water partition coefficient (Wildman–Crippen LogP) is 12.0. The molecule has 2 heterocycles. The molecule has 254 valence electrons. The predicted molar refractivity (Wildman–Crippen MR) is 216 cm³/mol. The third-order valence-electron chi connectivity index (χ3n) is 11.8. The van der Waals surface area contributed by atoms with Gasteiger partial charge in [0.15, 0.2) is 0 Å². The van der Waals surface area contributed by atoms with Crippen LogP contribution in [0.5, 0.6) is 0 Å². The second kappa shape index (κ2) is 13.9. The highest BCUT2D eigenvalue weighted by molar-refractivity contribution is 5.98. The number of para-hydroxylation sites is 2. The van der Waals surface area contributed by atoms with Crippen molar-refractivity contribution in [3.05, 3.63) is 167 Å². The molecule has 0 amide bonds. The van der Waals surface area contributed by atoms with Gasteiger partial charge < -0.3 is 15.1 Å². The van der Waals surface area contributed by atoms with Crippen LogP contribution in [0.3, 0.4) is 0 Å². The molecule has 3 heteroatoms. The highest BCUT2D eigenvalue weighted by Crippen LogP contribution is 2.42. The molecule has 1 fully saturated rings. The summed E-state index contributed by atoms with van der Waals surface area (Å²) in [7, 11) is 0. The van der Waals surface area contributed by atoms with Gasteiger partial charge in [-0.2, -0.15) is 0 Å². The molecular formula is C48H48N3+. The Labute approximate surface area is 304 Å². The van der Waals surface area contributed by atoms with Crippen molar-refractivity contribution in [2.24, 2.45) is 5.92 Å². The largest absolute Gasteiger partial charge is 0.381 e. The van der Waals surface area contributed by atoms with Gasteiger partial charge in [0.1, 0.15) is 0 Å². The van der Waals surface area contributed by atoms with Crippen LogP contribution in [0, 0.1) is 11.8 Å². The summed E-state index contributed by atoms with van der Waals surface area (Å²) in [5.74, 6) is 1.97. The van der Waals surface area contributed by atoms with Crippen molar-refractivity contribution in [1.82, 2.24) is 0 Å². The van der Waals surface area contributed by atoms with Crippen LogP contribution in [0.2, 0.25) is 0 Å². The van der Waals surface area contributed by atoms with Crippen LogP contribution in [0.4, 0.5) is 28.4 Å². The summed E-state index contributed by atoms with van der Waals surface area (Å²) >= 11 is 0. The Kier molecular flexibility index (Phi) is 8.65. The van der Waals surface area contributed by atoms with Crippen LogP contribution >= 0.6 is 0 Å². The summed E-state index contributed by atoms with van der Waals surface area (Å²) in [5, 5.41) is 6.60. The Bertz CT molecular complexity index is 2030. The van der Waals surface area contributed by atoms with Crippen molar-refractivity contribution in [2.45, 2.75) is 64.3 Å². The van der Waals surface area contributed by atoms with Crippen LogP contribution in [0.15, 0.2) is 133 Å². The molecule has 0 radical (unpaired) electrons. The maximum absolute atomic E-state index is 4.00. The minimum Gasteiger partial charge on any atom is -0.381 e. The first-order valence-electron chi connectivity index (χ1n) is 19.3. The Morgan fingerprint density at radius 2 is 1.06 bits per heavy atom. The zero-order valence-corrected chi connectivity index (χ0v) is 29.8. The van der Waals surface area contributed by atoms with Gasteiger partial charge in [-0.1, -0.05) is 68.3 Å². The van der Waals surface area contributed by atoms with Gasteiger partial charge in [-0.3, -0.25) is 0 Å².